The first kappa shape index (κ1) is 22.5. The summed E-state index contributed by atoms with van der Waals surface area (Å²) >= 11 is 1.71. The van der Waals surface area contributed by atoms with Crippen molar-refractivity contribution in [3.63, 3.8) is 0 Å². The number of thiophene rings is 1. The molecule has 1 aromatic heterocycles. The first-order chi connectivity index (χ1) is 14.7. The Morgan fingerprint density at radius 3 is 2.23 bits per heavy atom. The van der Waals surface area contributed by atoms with Gasteiger partial charge in [0.1, 0.15) is 0 Å². The SMILES string of the molecule is Cc1cc(C)c(C)c(S(=O)(=O)N2CCC(C(=O)N3CCCC3c3cccs3)CC2)c1C. The van der Waals surface area contributed by atoms with E-state index in [2.05, 4.69) is 17.5 Å². The zero-order valence-corrected chi connectivity index (χ0v) is 20.5. The highest BCUT2D eigenvalue weighted by Crippen LogP contribution is 2.37. The summed E-state index contributed by atoms with van der Waals surface area (Å²) < 4.78 is 28.6. The molecule has 2 aromatic rings. The molecule has 0 spiro atoms. The van der Waals surface area contributed by atoms with E-state index in [1.807, 2.05) is 38.7 Å². The molecule has 4 rings (SSSR count). The molecule has 1 unspecified atom stereocenters. The lowest BCUT2D eigenvalue weighted by atomic mass is 9.96. The molecule has 0 aliphatic carbocycles. The number of carbonyl (C=O) groups is 1. The topological polar surface area (TPSA) is 57.7 Å². The van der Waals surface area contributed by atoms with Gasteiger partial charge in [-0.1, -0.05) is 12.1 Å². The average molecular weight is 461 g/mol. The van der Waals surface area contributed by atoms with E-state index >= 15 is 0 Å². The van der Waals surface area contributed by atoms with E-state index in [9.17, 15) is 13.2 Å². The second-order valence-corrected chi connectivity index (χ2v) is 11.8. The minimum Gasteiger partial charge on any atom is -0.335 e. The van der Waals surface area contributed by atoms with Gasteiger partial charge in [0.25, 0.3) is 0 Å². The Morgan fingerprint density at radius 2 is 1.65 bits per heavy atom. The summed E-state index contributed by atoms with van der Waals surface area (Å²) in [4.78, 5) is 17.0. The predicted octanol–water partition coefficient (Wildman–Crippen LogP) is 4.75. The Labute approximate surface area is 190 Å². The zero-order valence-electron chi connectivity index (χ0n) is 18.8. The van der Waals surface area contributed by atoms with Crippen molar-refractivity contribution in [1.29, 1.82) is 0 Å². The zero-order chi connectivity index (χ0) is 22.3. The van der Waals surface area contributed by atoms with E-state index in [1.165, 1.54) is 4.88 Å². The molecular formula is C24H32N2O3S2. The average Bonchev–Trinajstić information content (AvgIpc) is 3.43. The number of sulfonamides is 1. The van der Waals surface area contributed by atoms with E-state index in [-0.39, 0.29) is 17.9 Å². The number of aryl methyl sites for hydroxylation is 2. The fraction of sp³-hybridized carbons (Fsp3) is 0.542. The van der Waals surface area contributed by atoms with Crippen molar-refractivity contribution >= 4 is 27.3 Å². The van der Waals surface area contributed by atoms with Gasteiger partial charge in [0.2, 0.25) is 15.9 Å². The molecular weight excluding hydrogens is 428 g/mol. The maximum Gasteiger partial charge on any atom is 0.243 e. The lowest BCUT2D eigenvalue weighted by Crippen LogP contribution is -2.44. The molecule has 2 fully saturated rings. The highest BCUT2D eigenvalue weighted by Gasteiger charge is 2.38. The fourth-order valence-electron chi connectivity index (χ4n) is 5.08. The normalized spacial score (nSPS) is 21.0. The maximum absolute atomic E-state index is 13.5. The monoisotopic (exact) mass is 460 g/mol. The van der Waals surface area contributed by atoms with Crippen LogP contribution in [0.1, 0.15) is 58.9 Å². The summed E-state index contributed by atoms with van der Waals surface area (Å²) in [7, 11) is -3.57. The molecule has 31 heavy (non-hydrogen) atoms. The summed E-state index contributed by atoms with van der Waals surface area (Å²) in [6.07, 6.45) is 3.24. The van der Waals surface area contributed by atoms with Crippen LogP contribution in [0.4, 0.5) is 0 Å². The number of rotatable bonds is 4. The van der Waals surface area contributed by atoms with E-state index in [0.717, 1.165) is 41.6 Å². The van der Waals surface area contributed by atoms with Gasteiger partial charge < -0.3 is 4.90 Å². The fourth-order valence-corrected chi connectivity index (χ4v) is 8.00. The number of amides is 1. The predicted molar refractivity (Wildman–Crippen MR) is 125 cm³/mol. The van der Waals surface area contributed by atoms with Gasteiger partial charge in [-0.2, -0.15) is 4.31 Å². The number of piperidine rings is 1. The van der Waals surface area contributed by atoms with Gasteiger partial charge in [-0.3, -0.25) is 4.79 Å². The smallest absolute Gasteiger partial charge is 0.243 e. The number of nitrogens with zero attached hydrogens (tertiary/aromatic N) is 2. The van der Waals surface area contributed by atoms with Gasteiger partial charge in [0.05, 0.1) is 10.9 Å². The van der Waals surface area contributed by atoms with E-state index in [0.29, 0.717) is 30.8 Å². The van der Waals surface area contributed by atoms with Crippen LogP contribution in [0.25, 0.3) is 0 Å². The second-order valence-electron chi connectivity index (χ2n) is 8.97. The van der Waals surface area contributed by atoms with Gasteiger partial charge in [-0.05, 0) is 87.1 Å². The van der Waals surface area contributed by atoms with Crippen LogP contribution >= 0.6 is 11.3 Å². The molecule has 2 aliphatic rings. The van der Waals surface area contributed by atoms with Crippen molar-refractivity contribution in [2.24, 2.45) is 5.92 Å². The minimum atomic E-state index is -3.57. The third-order valence-corrected chi connectivity index (χ3v) is 10.3. The number of hydrogen-bond donors (Lipinski definition) is 0. The first-order valence-corrected chi connectivity index (χ1v) is 13.4. The molecule has 0 radical (unpaired) electrons. The van der Waals surface area contributed by atoms with Crippen molar-refractivity contribution in [3.8, 4) is 0 Å². The van der Waals surface area contributed by atoms with E-state index in [4.69, 9.17) is 0 Å². The van der Waals surface area contributed by atoms with Crippen molar-refractivity contribution in [2.75, 3.05) is 19.6 Å². The van der Waals surface area contributed by atoms with Gasteiger partial charge in [0.15, 0.2) is 0 Å². The molecule has 1 atom stereocenters. The molecule has 2 aliphatic heterocycles. The molecule has 168 valence electrons. The van der Waals surface area contributed by atoms with E-state index < -0.39 is 10.0 Å². The van der Waals surface area contributed by atoms with Gasteiger partial charge in [-0.15, -0.1) is 11.3 Å². The van der Waals surface area contributed by atoms with Crippen LogP contribution in [0.15, 0.2) is 28.5 Å². The highest BCUT2D eigenvalue weighted by atomic mass is 32.2. The third kappa shape index (κ3) is 4.08. The molecule has 0 bridgehead atoms. The molecule has 1 aromatic carbocycles. The highest BCUT2D eigenvalue weighted by molar-refractivity contribution is 7.89. The van der Waals surface area contributed by atoms with Crippen molar-refractivity contribution in [2.45, 2.75) is 64.3 Å². The molecule has 2 saturated heterocycles. The number of likely N-dealkylation sites (tertiary alicyclic amines) is 1. The van der Waals surface area contributed by atoms with Crippen molar-refractivity contribution in [3.05, 3.63) is 50.7 Å². The standard InChI is InChI=1S/C24H32N2O3S2/c1-16-15-17(2)19(4)23(18(16)3)31(28,29)25-12-9-20(10-13-25)24(27)26-11-5-7-21(26)22-8-6-14-30-22/h6,8,14-15,20-21H,5,7,9-13H2,1-4H3. The Kier molecular flexibility index (Phi) is 6.30. The molecule has 7 heteroatoms. The third-order valence-electron chi connectivity index (χ3n) is 7.11. The summed E-state index contributed by atoms with van der Waals surface area (Å²) in [6.45, 7) is 9.33. The molecule has 0 saturated carbocycles. The lowest BCUT2D eigenvalue weighted by molar-refractivity contribution is -0.137. The first-order valence-electron chi connectivity index (χ1n) is 11.1. The van der Waals surface area contributed by atoms with Gasteiger partial charge in [-0.25, -0.2) is 8.42 Å². The Bertz CT molecular complexity index is 1040. The molecule has 0 N–H and O–H groups in total. The summed E-state index contributed by atoms with van der Waals surface area (Å²) in [5.41, 5.74) is 3.66. The van der Waals surface area contributed by atoms with Crippen LogP contribution in [-0.2, 0) is 14.8 Å². The number of benzene rings is 1. The largest absolute Gasteiger partial charge is 0.335 e. The van der Waals surface area contributed by atoms with E-state index in [1.54, 1.807) is 15.6 Å². The maximum atomic E-state index is 13.5. The molecule has 1 amide bonds. The quantitative estimate of drug-likeness (QED) is 0.662. The lowest BCUT2D eigenvalue weighted by Gasteiger charge is -2.34. The van der Waals surface area contributed by atoms with Crippen LogP contribution in [-0.4, -0.2) is 43.2 Å². The van der Waals surface area contributed by atoms with Crippen molar-refractivity contribution in [1.82, 2.24) is 9.21 Å². The summed E-state index contributed by atoms with van der Waals surface area (Å²) in [6, 6.07) is 6.40. The second kappa shape index (κ2) is 8.68. The number of hydrogen-bond acceptors (Lipinski definition) is 4. The van der Waals surface area contributed by atoms with Gasteiger partial charge >= 0.3 is 0 Å². The molecule has 5 nitrogen and oxygen atoms in total. The van der Waals surface area contributed by atoms with Crippen LogP contribution < -0.4 is 0 Å². The summed E-state index contributed by atoms with van der Waals surface area (Å²) in [5.74, 6) is 0.111. The van der Waals surface area contributed by atoms with Crippen LogP contribution in [0, 0.1) is 33.6 Å². The Hall–Kier alpha value is -1.70. The van der Waals surface area contributed by atoms with Gasteiger partial charge in [0, 0.05) is 30.4 Å². The van der Waals surface area contributed by atoms with Crippen molar-refractivity contribution < 1.29 is 13.2 Å². The van der Waals surface area contributed by atoms with Crippen LogP contribution in [0.5, 0.6) is 0 Å². The minimum absolute atomic E-state index is 0.0894. The van der Waals surface area contributed by atoms with Crippen LogP contribution in [0.3, 0.4) is 0 Å². The Morgan fingerprint density at radius 1 is 1.00 bits per heavy atom. The summed E-state index contributed by atoms with van der Waals surface area (Å²) in [5, 5.41) is 2.07. The number of carbonyl (C=O) groups excluding carboxylic acids is 1. The molecule has 3 heterocycles. The Balaban J connectivity index is 1.48. The van der Waals surface area contributed by atoms with Crippen LogP contribution in [0.2, 0.25) is 0 Å².